The molecule has 2 rings (SSSR count). The van der Waals surface area contributed by atoms with Crippen LogP contribution in [0.25, 0.3) is 11.1 Å². The van der Waals surface area contributed by atoms with Crippen molar-refractivity contribution in [1.29, 1.82) is 0 Å². The van der Waals surface area contributed by atoms with E-state index in [0.717, 1.165) is 16.7 Å². The van der Waals surface area contributed by atoms with Gasteiger partial charge in [0, 0.05) is 0 Å². The molecule has 0 radical (unpaired) electrons. The number of nitrogens with one attached hydrogen (secondary N) is 1. The maximum absolute atomic E-state index is 12.1. The van der Waals surface area contributed by atoms with Crippen LogP contribution in [-0.4, -0.2) is 34.2 Å². The van der Waals surface area contributed by atoms with Gasteiger partial charge >= 0.3 is 13.6 Å². The molecule has 0 amide bonds. The molecule has 3 N–H and O–H groups in total. The van der Waals surface area contributed by atoms with Crippen molar-refractivity contribution in [1.82, 2.24) is 5.32 Å². The van der Waals surface area contributed by atoms with Gasteiger partial charge in [0.1, 0.15) is 11.3 Å². The van der Waals surface area contributed by atoms with Gasteiger partial charge in [-0.3, -0.25) is 14.7 Å². The minimum absolute atomic E-state index is 0.255. The lowest BCUT2D eigenvalue weighted by atomic mass is 10.0. The average molecular weight is 377 g/mol. The van der Waals surface area contributed by atoms with Gasteiger partial charge in [-0.1, -0.05) is 54.6 Å². The molecule has 0 spiro atoms. The second kappa shape index (κ2) is 8.14. The van der Waals surface area contributed by atoms with E-state index in [-0.39, 0.29) is 6.42 Å². The van der Waals surface area contributed by atoms with Crippen LogP contribution >= 0.6 is 7.60 Å². The van der Waals surface area contributed by atoms with Crippen molar-refractivity contribution in [2.75, 3.05) is 7.11 Å². The number of methoxy groups -OCH3 is 1. The number of esters is 1. The van der Waals surface area contributed by atoms with Crippen molar-refractivity contribution < 1.29 is 23.9 Å². The third-order valence-corrected chi connectivity index (χ3v) is 5.83. The Labute approximate surface area is 153 Å². The molecule has 0 aromatic heterocycles. The van der Waals surface area contributed by atoms with E-state index in [4.69, 9.17) is 4.74 Å². The summed E-state index contributed by atoms with van der Waals surface area (Å²) in [5.41, 5.74) is 2.99. The quantitative estimate of drug-likeness (QED) is 0.507. The van der Waals surface area contributed by atoms with Crippen LogP contribution in [0.4, 0.5) is 0 Å². The maximum Gasteiger partial charge on any atom is 0.344 e. The molecule has 0 aliphatic heterocycles. The fourth-order valence-corrected chi connectivity index (χ4v) is 2.87. The first-order valence-corrected chi connectivity index (χ1v) is 9.81. The van der Waals surface area contributed by atoms with E-state index >= 15 is 0 Å². The number of ether oxygens (including phenoxy) is 1. The van der Waals surface area contributed by atoms with Crippen LogP contribution in [-0.2, 0) is 20.5 Å². The zero-order chi connectivity index (χ0) is 19.4. The van der Waals surface area contributed by atoms with Crippen molar-refractivity contribution in [2.45, 2.75) is 31.6 Å². The fourth-order valence-electron chi connectivity index (χ4n) is 2.55. The number of rotatable bonds is 7. The summed E-state index contributed by atoms with van der Waals surface area (Å²) in [6, 6.07) is 16.7. The first kappa shape index (κ1) is 20.3. The summed E-state index contributed by atoms with van der Waals surface area (Å²) in [4.78, 5) is 31.0. The molecular formula is C19H24NO5P. The van der Waals surface area contributed by atoms with E-state index in [0.29, 0.717) is 0 Å². The molecule has 7 heteroatoms. The number of carbonyl (C=O) groups excluding carboxylic acids is 1. The number of hydrogen-bond acceptors (Lipinski definition) is 4. The van der Waals surface area contributed by atoms with E-state index in [9.17, 15) is 19.1 Å². The van der Waals surface area contributed by atoms with Gasteiger partial charge in [-0.15, -0.1) is 0 Å². The standard InChI is InChI=1S/C19H24NO5P/c1-19(2,26(22,23)24)20-17(18(21)25-3)13-14-9-11-16(12-10-14)15-7-5-4-6-8-15/h4-12,17,20H,13H2,1-3H3,(H2,22,23,24). The zero-order valence-corrected chi connectivity index (χ0v) is 15.9. The molecule has 140 valence electrons. The number of carbonyl (C=O) groups is 1. The smallest absolute Gasteiger partial charge is 0.344 e. The highest BCUT2D eigenvalue weighted by Gasteiger charge is 2.40. The maximum atomic E-state index is 12.1. The SMILES string of the molecule is COC(=O)C(Cc1ccc(-c2ccccc2)cc1)NC(C)(C)P(=O)(O)O. The van der Waals surface area contributed by atoms with Crippen molar-refractivity contribution in [2.24, 2.45) is 0 Å². The van der Waals surface area contributed by atoms with E-state index in [2.05, 4.69) is 5.32 Å². The number of benzene rings is 2. The fraction of sp³-hybridized carbons (Fsp3) is 0.316. The summed E-state index contributed by atoms with van der Waals surface area (Å²) in [6.07, 6.45) is 0.255. The van der Waals surface area contributed by atoms with Crippen molar-refractivity contribution in [3.8, 4) is 11.1 Å². The van der Waals surface area contributed by atoms with E-state index in [1.54, 1.807) is 0 Å². The second-order valence-electron chi connectivity index (χ2n) is 6.59. The third kappa shape index (κ3) is 5.02. The molecule has 26 heavy (non-hydrogen) atoms. The van der Waals surface area contributed by atoms with Crippen LogP contribution in [0.3, 0.4) is 0 Å². The molecule has 0 bridgehead atoms. The Hall–Kier alpha value is -1.98. The van der Waals surface area contributed by atoms with Crippen LogP contribution in [0, 0.1) is 0 Å². The molecule has 0 saturated carbocycles. The molecule has 0 heterocycles. The van der Waals surface area contributed by atoms with Gasteiger partial charge in [0.2, 0.25) is 0 Å². The average Bonchev–Trinajstić information content (AvgIpc) is 2.60. The highest BCUT2D eigenvalue weighted by molar-refractivity contribution is 7.53. The lowest BCUT2D eigenvalue weighted by molar-refractivity contribution is -0.143. The molecule has 0 aliphatic carbocycles. The Balaban J connectivity index is 2.18. The first-order valence-electron chi connectivity index (χ1n) is 8.19. The Morgan fingerprint density at radius 1 is 1.08 bits per heavy atom. The van der Waals surface area contributed by atoms with Crippen LogP contribution in [0.1, 0.15) is 19.4 Å². The zero-order valence-electron chi connectivity index (χ0n) is 15.0. The molecule has 1 unspecified atom stereocenters. The molecule has 0 fully saturated rings. The largest absolute Gasteiger partial charge is 0.468 e. The summed E-state index contributed by atoms with van der Waals surface area (Å²) in [5, 5.41) is 1.20. The Morgan fingerprint density at radius 2 is 1.62 bits per heavy atom. The molecule has 0 saturated heterocycles. The van der Waals surface area contributed by atoms with Crippen LogP contribution < -0.4 is 5.32 Å². The monoisotopic (exact) mass is 377 g/mol. The molecule has 1 atom stereocenters. The first-order chi connectivity index (χ1) is 12.1. The third-order valence-electron chi connectivity index (χ3n) is 4.24. The summed E-state index contributed by atoms with van der Waals surface area (Å²) in [6.45, 7) is 2.73. The predicted octanol–water partition coefficient (Wildman–Crippen LogP) is 2.94. The van der Waals surface area contributed by atoms with Gasteiger partial charge in [0.25, 0.3) is 0 Å². The van der Waals surface area contributed by atoms with Crippen LogP contribution in [0.2, 0.25) is 0 Å². The molecule has 0 aliphatic rings. The van der Waals surface area contributed by atoms with Gasteiger partial charge in [0.05, 0.1) is 7.11 Å². The summed E-state index contributed by atoms with van der Waals surface area (Å²) < 4.78 is 16.4. The van der Waals surface area contributed by atoms with Gasteiger partial charge in [0.15, 0.2) is 0 Å². The Kier molecular flexibility index (Phi) is 6.37. The Bertz CT molecular complexity index is 783. The topological polar surface area (TPSA) is 95.9 Å². The summed E-state index contributed by atoms with van der Waals surface area (Å²) >= 11 is 0. The molecule has 6 nitrogen and oxygen atoms in total. The van der Waals surface area contributed by atoms with E-state index in [1.165, 1.54) is 21.0 Å². The number of hydrogen-bond donors (Lipinski definition) is 3. The summed E-state index contributed by atoms with van der Waals surface area (Å²) in [7, 11) is -3.19. The lowest BCUT2D eigenvalue weighted by Gasteiger charge is -2.31. The van der Waals surface area contributed by atoms with Crippen molar-refractivity contribution >= 4 is 13.6 Å². The summed E-state index contributed by atoms with van der Waals surface area (Å²) in [5.74, 6) is -0.571. The van der Waals surface area contributed by atoms with Gasteiger partial charge in [-0.25, -0.2) is 0 Å². The predicted molar refractivity (Wildman–Crippen MR) is 101 cm³/mol. The highest BCUT2D eigenvalue weighted by Crippen LogP contribution is 2.48. The van der Waals surface area contributed by atoms with Crippen molar-refractivity contribution in [3.63, 3.8) is 0 Å². The van der Waals surface area contributed by atoms with Crippen LogP contribution in [0.15, 0.2) is 54.6 Å². The molecule has 2 aromatic carbocycles. The minimum Gasteiger partial charge on any atom is -0.468 e. The second-order valence-corrected chi connectivity index (χ2v) is 8.80. The van der Waals surface area contributed by atoms with Crippen molar-refractivity contribution in [3.05, 3.63) is 60.2 Å². The van der Waals surface area contributed by atoms with E-state index < -0.39 is 24.9 Å². The van der Waals surface area contributed by atoms with Gasteiger partial charge in [-0.05, 0) is 37.0 Å². The van der Waals surface area contributed by atoms with Gasteiger partial charge in [-0.2, -0.15) is 0 Å². The Morgan fingerprint density at radius 3 is 2.12 bits per heavy atom. The lowest BCUT2D eigenvalue weighted by Crippen LogP contribution is -2.50. The highest BCUT2D eigenvalue weighted by atomic mass is 31.2. The van der Waals surface area contributed by atoms with Crippen LogP contribution in [0.5, 0.6) is 0 Å². The normalized spacial score (nSPS) is 13.3. The molecule has 2 aromatic rings. The minimum atomic E-state index is -4.44. The van der Waals surface area contributed by atoms with E-state index in [1.807, 2.05) is 54.6 Å². The molecular weight excluding hydrogens is 353 g/mol. The van der Waals surface area contributed by atoms with Gasteiger partial charge < -0.3 is 14.5 Å².